The molecular weight excluding hydrogens is 487 g/mol. The molecule has 1 fully saturated rings. The molecule has 0 amide bonds. The number of halogens is 1. The number of ether oxygens (including phenoxy) is 1. The number of rotatable bonds is 11. The monoisotopic (exact) mass is 528 g/mol. The van der Waals surface area contributed by atoms with Crippen LogP contribution in [0.4, 0.5) is 4.39 Å². The molecule has 0 saturated heterocycles. The zero-order chi connectivity index (χ0) is 27.8. The van der Waals surface area contributed by atoms with Gasteiger partial charge in [0.15, 0.2) is 0 Å². The van der Waals surface area contributed by atoms with Gasteiger partial charge in [0.2, 0.25) is 0 Å². The molecule has 0 spiro atoms. The molecule has 0 aromatic heterocycles. The van der Waals surface area contributed by atoms with Gasteiger partial charge >= 0.3 is 5.97 Å². The predicted octanol–water partition coefficient (Wildman–Crippen LogP) is 9.03. The number of aliphatic hydroxyl groups is 1. The molecule has 0 atom stereocenters. The summed E-state index contributed by atoms with van der Waals surface area (Å²) in [7, 11) is 0. The van der Waals surface area contributed by atoms with Crippen molar-refractivity contribution in [2.45, 2.75) is 77.6 Å². The minimum atomic E-state index is -0.550. The average Bonchev–Trinajstić information content (AvgIpc) is 2.94. The quantitative estimate of drug-likeness (QED) is 0.117. The Hall–Kier alpha value is -3.24. The minimum absolute atomic E-state index is 0.0842. The zero-order valence-electron chi connectivity index (χ0n) is 23.3. The van der Waals surface area contributed by atoms with Crippen LogP contribution in [0, 0.1) is 11.7 Å². The molecule has 1 aliphatic carbocycles. The van der Waals surface area contributed by atoms with Gasteiger partial charge in [-0.2, -0.15) is 0 Å². The maximum atomic E-state index is 15.3. The summed E-state index contributed by atoms with van der Waals surface area (Å²) >= 11 is 0. The van der Waals surface area contributed by atoms with Gasteiger partial charge in [0.25, 0.3) is 0 Å². The molecule has 3 aromatic carbocycles. The highest BCUT2D eigenvalue weighted by molar-refractivity contribution is 5.89. The van der Waals surface area contributed by atoms with Crippen LogP contribution in [-0.4, -0.2) is 17.7 Å². The van der Waals surface area contributed by atoms with Gasteiger partial charge in [0.1, 0.15) is 11.6 Å². The molecular formula is C35H41FO3. The largest absolute Gasteiger partial charge is 0.423 e. The first-order valence-electron chi connectivity index (χ1n) is 14.4. The second kappa shape index (κ2) is 13.7. The summed E-state index contributed by atoms with van der Waals surface area (Å²) in [6.45, 7) is 7.38. The Morgan fingerprint density at radius 1 is 0.949 bits per heavy atom. The van der Waals surface area contributed by atoms with Gasteiger partial charge in [-0.15, -0.1) is 0 Å². The summed E-state index contributed by atoms with van der Waals surface area (Å²) in [5, 5.41) is 9.38. The molecule has 0 bridgehead atoms. The Balaban J connectivity index is 1.46. The van der Waals surface area contributed by atoms with E-state index in [1.54, 1.807) is 37.3 Å². The van der Waals surface area contributed by atoms with Crippen molar-refractivity contribution in [1.82, 2.24) is 0 Å². The van der Waals surface area contributed by atoms with Crippen molar-refractivity contribution < 1.29 is 19.0 Å². The van der Waals surface area contributed by atoms with Crippen LogP contribution in [0.15, 0.2) is 72.8 Å². The number of unbranched alkanes of at least 4 members (excludes halogenated alkanes) is 2. The highest BCUT2D eigenvalue weighted by Gasteiger charge is 2.22. The van der Waals surface area contributed by atoms with E-state index >= 15 is 4.39 Å². The van der Waals surface area contributed by atoms with Gasteiger partial charge in [-0.25, -0.2) is 9.18 Å². The minimum Gasteiger partial charge on any atom is -0.423 e. The van der Waals surface area contributed by atoms with Crippen molar-refractivity contribution in [2.24, 2.45) is 5.92 Å². The lowest BCUT2D eigenvalue weighted by Gasteiger charge is -2.29. The Kier molecular flexibility index (Phi) is 10.1. The molecule has 1 saturated carbocycles. The van der Waals surface area contributed by atoms with Gasteiger partial charge in [-0.05, 0) is 90.8 Å². The van der Waals surface area contributed by atoms with Gasteiger partial charge < -0.3 is 9.84 Å². The lowest BCUT2D eigenvalue weighted by molar-refractivity contribution is -0.130. The van der Waals surface area contributed by atoms with Crippen LogP contribution < -0.4 is 4.74 Å². The van der Waals surface area contributed by atoms with Crippen LogP contribution in [0.3, 0.4) is 0 Å². The summed E-state index contributed by atoms with van der Waals surface area (Å²) in [5.74, 6) is 0.940. The molecule has 3 aromatic rings. The van der Waals surface area contributed by atoms with Gasteiger partial charge in [0, 0.05) is 17.7 Å². The summed E-state index contributed by atoms with van der Waals surface area (Å²) in [5.41, 5.74) is 5.19. The second-order valence-corrected chi connectivity index (χ2v) is 11.0. The molecule has 0 unspecified atom stereocenters. The summed E-state index contributed by atoms with van der Waals surface area (Å²) < 4.78 is 20.8. The molecule has 0 radical (unpaired) electrons. The first kappa shape index (κ1) is 28.8. The van der Waals surface area contributed by atoms with Gasteiger partial charge in [-0.1, -0.05) is 87.7 Å². The van der Waals surface area contributed by atoms with Crippen molar-refractivity contribution in [3.8, 4) is 28.0 Å². The van der Waals surface area contributed by atoms with E-state index in [-0.39, 0.29) is 18.0 Å². The van der Waals surface area contributed by atoms with E-state index in [9.17, 15) is 9.90 Å². The number of benzene rings is 3. The first-order valence-corrected chi connectivity index (χ1v) is 14.4. The van der Waals surface area contributed by atoms with Crippen LogP contribution in [0.5, 0.6) is 5.75 Å². The third-order valence-electron chi connectivity index (χ3n) is 8.06. The molecule has 1 aliphatic rings. The lowest BCUT2D eigenvalue weighted by Crippen LogP contribution is -2.13. The molecule has 3 nitrogen and oxygen atoms in total. The Morgan fingerprint density at radius 3 is 2.28 bits per heavy atom. The number of hydrogen-bond donors (Lipinski definition) is 1. The SMILES string of the molecule is C=C(C)C(=O)Oc1cc(-c2ccc(-c3ccc(C4CCC(CCCCC)CC4)cc3)cc2F)ccc1CCO. The van der Waals surface area contributed by atoms with E-state index in [0.717, 1.165) is 17.0 Å². The van der Waals surface area contributed by atoms with E-state index in [1.165, 1.54) is 56.9 Å². The third-order valence-corrected chi connectivity index (χ3v) is 8.06. The smallest absolute Gasteiger partial charge is 0.338 e. The van der Waals surface area contributed by atoms with Gasteiger partial charge in [0.05, 0.1) is 0 Å². The highest BCUT2D eigenvalue weighted by atomic mass is 19.1. The Labute approximate surface area is 232 Å². The molecule has 39 heavy (non-hydrogen) atoms. The fourth-order valence-electron chi connectivity index (χ4n) is 5.68. The van der Waals surface area contributed by atoms with Crippen LogP contribution in [0.1, 0.15) is 82.3 Å². The van der Waals surface area contributed by atoms with E-state index < -0.39 is 5.97 Å². The van der Waals surface area contributed by atoms with Crippen molar-refractivity contribution in [3.05, 3.63) is 89.8 Å². The van der Waals surface area contributed by atoms with Gasteiger partial charge in [-0.3, -0.25) is 0 Å². The van der Waals surface area contributed by atoms with Crippen molar-refractivity contribution in [2.75, 3.05) is 6.61 Å². The average molecular weight is 529 g/mol. The van der Waals surface area contributed by atoms with Crippen LogP contribution >= 0.6 is 0 Å². The predicted molar refractivity (Wildman–Crippen MR) is 157 cm³/mol. The second-order valence-electron chi connectivity index (χ2n) is 11.0. The van der Waals surface area contributed by atoms with Crippen molar-refractivity contribution >= 4 is 5.97 Å². The zero-order valence-corrected chi connectivity index (χ0v) is 23.3. The van der Waals surface area contributed by atoms with Crippen molar-refractivity contribution in [3.63, 3.8) is 0 Å². The lowest BCUT2D eigenvalue weighted by atomic mass is 9.77. The van der Waals surface area contributed by atoms with Crippen LogP contribution in [0.25, 0.3) is 22.3 Å². The molecule has 206 valence electrons. The summed E-state index contributed by atoms with van der Waals surface area (Å²) in [4.78, 5) is 12.1. The number of carbonyl (C=O) groups is 1. The normalized spacial score (nSPS) is 17.1. The molecule has 4 heteroatoms. The van der Waals surface area contributed by atoms with E-state index in [1.807, 2.05) is 6.07 Å². The molecule has 4 rings (SSSR count). The number of esters is 1. The summed E-state index contributed by atoms with van der Waals surface area (Å²) in [6, 6.07) is 19.1. The number of hydrogen-bond acceptors (Lipinski definition) is 3. The van der Waals surface area contributed by atoms with E-state index in [0.29, 0.717) is 34.8 Å². The maximum Gasteiger partial charge on any atom is 0.338 e. The standard InChI is InChI=1S/C35H41FO3/c1-4-5-6-7-25-8-10-26(11-9-25)27-12-14-28(15-13-27)30-18-19-32(33(36)22-30)31-17-16-29(20-21-37)34(23-31)39-35(38)24(2)3/h12-19,22-23,25-26,37H,2,4-11,20-21H2,1,3H3. The summed E-state index contributed by atoms with van der Waals surface area (Å²) in [6.07, 6.45) is 10.9. The number of aliphatic hydroxyl groups excluding tert-OH is 1. The van der Waals surface area contributed by atoms with E-state index in [2.05, 4.69) is 37.8 Å². The molecule has 0 aliphatic heterocycles. The Morgan fingerprint density at radius 2 is 1.64 bits per heavy atom. The van der Waals surface area contributed by atoms with Crippen LogP contribution in [-0.2, 0) is 11.2 Å². The topological polar surface area (TPSA) is 46.5 Å². The first-order chi connectivity index (χ1) is 18.9. The van der Waals surface area contributed by atoms with Crippen LogP contribution in [0.2, 0.25) is 0 Å². The van der Waals surface area contributed by atoms with E-state index in [4.69, 9.17) is 4.74 Å². The highest BCUT2D eigenvalue weighted by Crippen LogP contribution is 2.39. The Bertz CT molecular complexity index is 1270. The third kappa shape index (κ3) is 7.45. The number of carbonyl (C=O) groups excluding carboxylic acids is 1. The molecule has 0 heterocycles. The fourth-order valence-corrected chi connectivity index (χ4v) is 5.68. The fraction of sp³-hybridized carbons (Fsp3) is 0.400. The van der Waals surface area contributed by atoms with Crippen molar-refractivity contribution in [1.29, 1.82) is 0 Å². The maximum absolute atomic E-state index is 15.3. The molecule has 1 N–H and O–H groups in total.